The maximum atomic E-state index is 11.3. The fourth-order valence-corrected chi connectivity index (χ4v) is 1.48. The predicted octanol–water partition coefficient (Wildman–Crippen LogP) is -8.32. The summed E-state index contributed by atoms with van der Waals surface area (Å²) in [6, 6.07) is 0. The van der Waals surface area contributed by atoms with Gasteiger partial charge in [0.1, 0.15) is 18.8 Å². The van der Waals surface area contributed by atoms with E-state index in [9.17, 15) is 29.6 Å². The van der Waals surface area contributed by atoms with Gasteiger partial charge in [0, 0.05) is 12.1 Å². The monoisotopic (exact) mass is 387 g/mol. The molecular weight excluding hydrogens is 367 g/mol. The number of rotatable bonds is 8. The number of nitrogens with zero attached hydrogens (tertiary/aromatic N) is 1. The first-order valence-electron chi connectivity index (χ1n) is 6.29. The predicted molar refractivity (Wildman–Crippen MR) is 70.6 cm³/mol. The van der Waals surface area contributed by atoms with Gasteiger partial charge in [-0.3, -0.25) is 14.4 Å². The van der Waals surface area contributed by atoms with Crippen LogP contribution >= 0.6 is 7.82 Å². The summed E-state index contributed by atoms with van der Waals surface area (Å²) in [7, 11) is -5.09. The van der Waals surface area contributed by atoms with Gasteiger partial charge in [-0.1, -0.05) is 20.8 Å². The molecule has 3 atom stereocenters. The van der Waals surface area contributed by atoms with Crippen LogP contribution in [-0.4, -0.2) is 57.9 Å². The number of aliphatic hydroxyl groups is 2. The van der Waals surface area contributed by atoms with Gasteiger partial charge in [0.15, 0.2) is 5.78 Å². The third kappa shape index (κ3) is 16.4. The van der Waals surface area contributed by atoms with Crippen LogP contribution in [0.1, 0.15) is 27.2 Å². The molecule has 0 radical (unpaired) electrons. The quantitative estimate of drug-likeness (QED) is 0.158. The van der Waals surface area contributed by atoms with E-state index in [4.69, 9.17) is 9.63 Å². The van der Waals surface area contributed by atoms with E-state index < -0.39 is 44.1 Å². The van der Waals surface area contributed by atoms with Crippen molar-refractivity contribution in [3.8, 4) is 0 Å². The summed E-state index contributed by atoms with van der Waals surface area (Å²) >= 11 is 0. The molecule has 10 nitrogen and oxygen atoms in total. The normalized spacial score (nSPS) is 16.9. The molecule has 0 spiro atoms. The molecule has 0 rings (SSSR count). The van der Waals surface area contributed by atoms with E-state index in [1.165, 1.54) is 0 Å². The Balaban J connectivity index is -0.00000220. The van der Waals surface area contributed by atoms with Gasteiger partial charge in [-0.05, 0) is 6.42 Å². The van der Waals surface area contributed by atoms with Gasteiger partial charge in [-0.2, -0.15) is 0 Å². The minimum atomic E-state index is -5.09. The Morgan fingerprint density at radius 1 is 1.29 bits per heavy atom. The van der Waals surface area contributed by atoms with Crippen LogP contribution in [0.3, 0.4) is 0 Å². The number of hydrogen-bond acceptors (Lipinski definition) is 9. The summed E-state index contributed by atoms with van der Waals surface area (Å²) in [5.41, 5.74) is -0.720. The van der Waals surface area contributed by atoms with Crippen molar-refractivity contribution in [2.45, 2.75) is 45.0 Å². The zero-order chi connectivity index (χ0) is 17.6. The molecule has 0 aliphatic carbocycles. The molecular formula is C11H20NNa2O9P. The summed E-state index contributed by atoms with van der Waals surface area (Å²) in [5.74, 6) is -1.14. The van der Waals surface area contributed by atoms with Crippen molar-refractivity contribution in [1.82, 2.24) is 0 Å². The van der Waals surface area contributed by atoms with E-state index in [1.54, 1.807) is 20.8 Å². The first kappa shape index (κ1) is 29.7. The minimum Gasteiger partial charge on any atom is -0.756 e. The zero-order valence-electron chi connectivity index (χ0n) is 14.5. The minimum absolute atomic E-state index is 0. The van der Waals surface area contributed by atoms with Gasteiger partial charge >= 0.3 is 59.1 Å². The van der Waals surface area contributed by atoms with E-state index in [0.29, 0.717) is 0 Å². The molecule has 2 unspecified atom stereocenters. The van der Waals surface area contributed by atoms with Gasteiger partial charge in [-0.25, -0.2) is 0 Å². The van der Waals surface area contributed by atoms with Gasteiger partial charge < -0.3 is 34.4 Å². The summed E-state index contributed by atoms with van der Waals surface area (Å²) < 4.78 is 19.0. The third-order valence-corrected chi connectivity index (χ3v) is 2.58. The molecule has 0 saturated carbocycles. The maximum absolute atomic E-state index is 11.3. The van der Waals surface area contributed by atoms with Gasteiger partial charge in [-0.15, -0.1) is 0 Å². The second-order valence-electron chi connectivity index (χ2n) is 5.37. The van der Waals surface area contributed by atoms with E-state index >= 15 is 0 Å². The van der Waals surface area contributed by atoms with Crippen LogP contribution in [0.15, 0.2) is 4.99 Å². The van der Waals surface area contributed by atoms with E-state index in [0.717, 1.165) is 0 Å². The molecule has 24 heavy (non-hydrogen) atoms. The number of carbonyl (C=O) groups excluding carboxylic acids is 1. The number of aliphatic hydroxyl groups excluding tert-OH is 2. The van der Waals surface area contributed by atoms with Crippen molar-refractivity contribution in [1.29, 1.82) is 0 Å². The summed E-state index contributed by atoms with van der Waals surface area (Å²) in [5, 5.41) is 30.2. The number of ketones is 1. The molecule has 0 amide bonds. The zero-order valence-corrected chi connectivity index (χ0v) is 19.4. The molecule has 0 aromatic carbocycles. The first-order valence-corrected chi connectivity index (χ1v) is 7.79. The molecule has 0 aromatic rings. The smallest absolute Gasteiger partial charge is 0.756 e. The molecule has 13 heteroatoms. The van der Waals surface area contributed by atoms with Crippen LogP contribution in [-0.2, 0) is 18.6 Å². The fourth-order valence-electron chi connectivity index (χ4n) is 1.19. The van der Waals surface area contributed by atoms with Crippen LogP contribution in [0.2, 0.25) is 0 Å². The summed E-state index contributed by atoms with van der Waals surface area (Å²) in [6.45, 7) is 3.62. The number of phosphoric ester groups is 1. The Morgan fingerprint density at radius 2 is 1.79 bits per heavy atom. The van der Waals surface area contributed by atoms with Crippen LogP contribution < -0.4 is 69.1 Å². The Morgan fingerprint density at radius 3 is 2.21 bits per heavy atom. The van der Waals surface area contributed by atoms with E-state index in [1.807, 2.05) is 0 Å². The second-order valence-corrected chi connectivity index (χ2v) is 6.57. The largest absolute Gasteiger partial charge is 1.00 e. The Kier molecular flexibility index (Phi) is 16.3. The molecule has 130 valence electrons. The average molecular weight is 387 g/mol. The van der Waals surface area contributed by atoms with Crippen LogP contribution in [0.5, 0.6) is 0 Å². The van der Waals surface area contributed by atoms with Gasteiger partial charge in [0.2, 0.25) is 0 Å². The molecule has 0 saturated heterocycles. The number of carbonyl (C=O) groups is 1. The van der Waals surface area contributed by atoms with Crippen molar-refractivity contribution >= 4 is 19.7 Å². The van der Waals surface area contributed by atoms with Gasteiger partial charge in [0.05, 0.1) is 6.10 Å². The number of Topliss-reactive ketones (excluding diaryl/α,β-unsaturated/α-hetero) is 1. The number of phosphoric acid groups is 1. The SMILES string of the molecule is CC(C)(C)OC([O-])=NCCC(O)[C@@H](O)C(=O)COP(=O)([O-])O.[Na+].[Na+]. The average Bonchev–Trinajstić information content (AvgIpc) is 2.31. The molecule has 0 fully saturated rings. The summed E-state index contributed by atoms with van der Waals surface area (Å²) in [6.07, 6.45) is -4.59. The van der Waals surface area contributed by atoms with Crippen molar-refractivity contribution in [3.63, 3.8) is 0 Å². The molecule has 0 aliphatic rings. The number of ether oxygens (including phenoxy) is 1. The number of aliphatic imine (C=N–C) groups is 1. The Labute approximate surface area is 184 Å². The van der Waals surface area contributed by atoms with E-state index in [-0.39, 0.29) is 72.1 Å². The Hall–Kier alpha value is 0.970. The molecule has 3 N–H and O–H groups in total. The van der Waals surface area contributed by atoms with Crippen molar-refractivity contribution in [3.05, 3.63) is 0 Å². The van der Waals surface area contributed by atoms with Crippen LogP contribution in [0.4, 0.5) is 0 Å². The van der Waals surface area contributed by atoms with Crippen molar-refractivity contribution in [2.24, 2.45) is 4.99 Å². The molecule has 0 aliphatic heterocycles. The van der Waals surface area contributed by atoms with E-state index in [2.05, 4.69) is 9.52 Å². The van der Waals surface area contributed by atoms with Crippen LogP contribution in [0, 0.1) is 0 Å². The molecule has 0 heterocycles. The van der Waals surface area contributed by atoms with Crippen LogP contribution in [0.25, 0.3) is 0 Å². The first-order chi connectivity index (χ1) is 9.82. The summed E-state index contributed by atoms with van der Waals surface area (Å²) in [4.78, 5) is 33.3. The van der Waals surface area contributed by atoms with Crippen molar-refractivity contribution in [2.75, 3.05) is 13.2 Å². The van der Waals surface area contributed by atoms with Crippen molar-refractivity contribution < 1.29 is 103 Å². The number of hydrogen-bond donors (Lipinski definition) is 3. The Bertz CT molecular complexity index is 449. The maximum Gasteiger partial charge on any atom is 1.00 e. The fraction of sp³-hybridized carbons (Fsp3) is 0.818. The standard InChI is InChI=1S/C11H22NO9P.2Na/c1-11(2,3)21-10(16)12-5-4-7(13)9(15)8(14)6-20-22(17,18)19;;/h7,9,13,15H,4-6H2,1-3H3,(H,12,16)(H2,17,18,19);;/q;2*+1/p-2/t7?,9-;;/m1../s1. The topological polar surface area (TPSA) is 172 Å². The van der Waals surface area contributed by atoms with Gasteiger partial charge in [0.25, 0.3) is 7.82 Å². The third-order valence-electron chi connectivity index (χ3n) is 2.12. The molecule has 0 bridgehead atoms. The second kappa shape index (κ2) is 13.2. The molecule has 0 aromatic heterocycles.